The van der Waals surface area contributed by atoms with Crippen LogP contribution in [0.4, 0.5) is 0 Å². The predicted molar refractivity (Wildman–Crippen MR) is 73.8 cm³/mol. The van der Waals surface area contributed by atoms with E-state index in [0.29, 0.717) is 11.4 Å². The first-order valence-corrected chi connectivity index (χ1v) is 6.05. The lowest BCUT2D eigenvalue weighted by Crippen LogP contribution is -2.07. The van der Waals surface area contributed by atoms with Crippen LogP contribution in [0.1, 0.15) is 16.1 Å². The van der Waals surface area contributed by atoms with Crippen LogP contribution in [0.3, 0.4) is 0 Å². The lowest BCUT2D eigenvalue weighted by atomic mass is 10.0. The number of rotatable bonds is 3. The average molecular weight is 265 g/mol. The van der Waals surface area contributed by atoms with Crippen molar-refractivity contribution in [2.45, 2.75) is 0 Å². The van der Waals surface area contributed by atoms with E-state index < -0.39 is 0 Å². The molecule has 0 radical (unpaired) electrons. The van der Waals surface area contributed by atoms with Crippen molar-refractivity contribution in [3.05, 3.63) is 60.0 Å². The Morgan fingerprint density at radius 2 is 1.90 bits per heavy atom. The Morgan fingerprint density at radius 1 is 1.05 bits per heavy atom. The molecule has 1 aromatic carbocycles. The molecular formula is C15H11N3O2. The minimum absolute atomic E-state index is 0.204. The predicted octanol–water partition coefficient (Wildman–Crippen LogP) is 2.26. The first-order valence-electron chi connectivity index (χ1n) is 6.05. The lowest BCUT2D eigenvalue weighted by molar-refractivity contribution is 0.103. The van der Waals surface area contributed by atoms with E-state index in [1.165, 1.54) is 7.11 Å². The molecule has 0 aliphatic heterocycles. The molecule has 0 atom stereocenters. The monoisotopic (exact) mass is 265 g/mol. The van der Waals surface area contributed by atoms with Crippen molar-refractivity contribution in [1.82, 2.24) is 15.2 Å². The minimum Gasteiger partial charge on any atom is -0.480 e. The second kappa shape index (κ2) is 5.05. The summed E-state index contributed by atoms with van der Waals surface area (Å²) in [7, 11) is 1.50. The number of ether oxygens (including phenoxy) is 1. The largest absolute Gasteiger partial charge is 0.480 e. The summed E-state index contributed by atoms with van der Waals surface area (Å²) in [6, 6.07) is 10.8. The molecule has 0 amide bonds. The number of carbonyl (C=O) groups excluding carboxylic acids is 1. The zero-order chi connectivity index (χ0) is 13.9. The molecule has 0 saturated heterocycles. The lowest BCUT2D eigenvalue weighted by Gasteiger charge is -2.04. The summed E-state index contributed by atoms with van der Waals surface area (Å²) in [5.74, 6) is 0.169. The van der Waals surface area contributed by atoms with Gasteiger partial charge in [0, 0.05) is 23.8 Å². The first-order chi connectivity index (χ1) is 9.79. The number of carbonyl (C=O) groups is 1. The summed E-state index contributed by atoms with van der Waals surface area (Å²) in [6.07, 6.45) is 3.28. The summed E-state index contributed by atoms with van der Waals surface area (Å²) >= 11 is 0. The topological polar surface area (TPSA) is 65.0 Å². The van der Waals surface area contributed by atoms with Crippen LogP contribution in [0.2, 0.25) is 0 Å². The molecule has 5 heteroatoms. The summed E-state index contributed by atoms with van der Waals surface area (Å²) in [5.41, 5.74) is 0.784. The Balaban J connectivity index is 2.07. The van der Waals surface area contributed by atoms with Crippen LogP contribution >= 0.6 is 0 Å². The first kappa shape index (κ1) is 12.2. The molecule has 0 unspecified atom stereocenters. The summed E-state index contributed by atoms with van der Waals surface area (Å²) < 4.78 is 4.93. The molecule has 2 heterocycles. The Labute approximate surface area is 115 Å². The fourth-order valence-corrected chi connectivity index (χ4v) is 1.99. The fraction of sp³-hybridized carbons (Fsp3) is 0.0667. The molecule has 5 nitrogen and oxygen atoms in total. The molecular weight excluding hydrogens is 254 g/mol. The van der Waals surface area contributed by atoms with E-state index >= 15 is 0 Å². The molecule has 0 fully saturated rings. The number of nitrogens with zero attached hydrogens (tertiary/aromatic N) is 3. The van der Waals surface area contributed by atoms with Gasteiger partial charge >= 0.3 is 0 Å². The Morgan fingerprint density at radius 3 is 2.65 bits per heavy atom. The highest BCUT2D eigenvalue weighted by atomic mass is 16.5. The Kier molecular flexibility index (Phi) is 3.09. The second-order valence-electron chi connectivity index (χ2n) is 4.20. The highest BCUT2D eigenvalue weighted by Crippen LogP contribution is 2.19. The minimum atomic E-state index is -0.204. The number of fused-ring (bicyclic) bond motifs is 1. The van der Waals surface area contributed by atoms with Gasteiger partial charge in [-0.25, -0.2) is 0 Å². The second-order valence-corrected chi connectivity index (χ2v) is 4.20. The van der Waals surface area contributed by atoms with Crippen LogP contribution < -0.4 is 4.74 Å². The molecule has 3 rings (SSSR count). The highest BCUT2D eigenvalue weighted by molar-refractivity contribution is 6.15. The van der Waals surface area contributed by atoms with Crippen LogP contribution in [0.25, 0.3) is 10.8 Å². The molecule has 0 aliphatic carbocycles. The van der Waals surface area contributed by atoms with Crippen molar-refractivity contribution in [2.24, 2.45) is 0 Å². The maximum atomic E-state index is 12.5. The smallest absolute Gasteiger partial charge is 0.233 e. The average Bonchev–Trinajstić information content (AvgIpc) is 2.54. The zero-order valence-electron chi connectivity index (χ0n) is 10.8. The number of ketones is 1. The summed E-state index contributed by atoms with van der Waals surface area (Å²) in [6.45, 7) is 0. The van der Waals surface area contributed by atoms with E-state index in [-0.39, 0.29) is 11.5 Å². The zero-order valence-corrected chi connectivity index (χ0v) is 10.8. The highest BCUT2D eigenvalue weighted by Gasteiger charge is 2.14. The number of hydrogen-bond donors (Lipinski definition) is 0. The van der Waals surface area contributed by atoms with E-state index in [9.17, 15) is 4.79 Å². The molecule has 0 bridgehead atoms. The third kappa shape index (κ3) is 2.09. The molecule has 0 N–H and O–H groups in total. The van der Waals surface area contributed by atoms with Crippen molar-refractivity contribution in [1.29, 1.82) is 0 Å². The Bertz CT molecular complexity index is 764. The molecule has 98 valence electrons. The van der Waals surface area contributed by atoms with Gasteiger partial charge in [0.1, 0.15) is 5.69 Å². The van der Waals surface area contributed by atoms with E-state index in [2.05, 4.69) is 15.2 Å². The number of hydrogen-bond acceptors (Lipinski definition) is 5. The fourth-order valence-electron chi connectivity index (χ4n) is 1.99. The molecule has 2 aromatic heterocycles. The normalized spacial score (nSPS) is 10.4. The van der Waals surface area contributed by atoms with Crippen molar-refractivity contribution in [3.63, 3.8) is 0 Å². The van der Waals surface area contributed by atoms with Gasteiger partial charge in [-0.3, -0.25) is 9.78 Å². The van der Waals surface area contributed by atoms with Gasteiger partial charge in [0.2, 0.25) is 11.7 Å². The van der Waals surface area contributed by atoms with Crippen LogP contribution in [-0.4, -0.2) is 28.1 Å². The van der Waals surface area contributed by atoms with Crippen LogP contribution in [0.5, 0.6) is 5.88 Å². The van der Waals surface area contributed by atoms with Gasteiger partial charge < -0.3 is 4.74 Å². The van der Waals surface area contributed by atoms with Gasteiger partial charge in [-0.05, 0) is 11.5 Å². The van der Waals surface area contributed by atoms with E-state index in [1.807, 2.05) is 24.3 Å². The van der Waals surface area contributed by atoms with Gasteiger partial charge in [-0.1, -0.05) is 24.3 Å². The summed E-state index contributed by atoms with van der Waals surface area (Å²) in [5, 5.41) is 9.46. The van der Waals surface area contributed by atoms with E-state index in [4.69, 9.17) is 4.74 Å². The van der Waals surface area contributed by atoms with Gasteiger partial charge in [0.15, 0.2) is 0 Å². The van der Waals surface area contributed by atoms with Crippen molar-refractivity contribution in [3.8, 4) is 5.88 Å². The van der Waals surface area contributed by atoms with Gasteiger partial charge in [-0.15, -0.1) is 10.2 Å². The summed E-state index contributed by atoms with van der Waals surface area (Å²) in [4.78, 5) is 16.6. The van der Waals surface area contributed by atoms with Crippen LogP contribution in [0.15, 0.2) is 48.8 Å². The van der Waals surface area contributed by atoms with E-state index in [1.54, 1.807) is 24.5 Å². The van der Waals surface area contributed by atoms with Crippen LogP contribution in [-0.2, 0) is 0 Å². The molecule has 0 spiro atoms. The van der Waals surface area contributed by atoms with Crippen molar-refractivity contribution >= 4 is 16.6 Å². The maximum Gasteiger partial charge on any atom is 0.233 e. The van der Waals surface area contributed by atoms with Crippen molar-refractivity contribution in [2.75, 3.05) is 7.11 Å². The maximum absolute atomic E-state index is 12.5. The quantitative estimate of drug-likeness (QED) is 0.680. The SMILES string of the molecule is COc1ccc(C(=O)c2cncc3ccccc23)nn1. The molecule has 3 aromatic rings. The molecule has 0 saturated carbocycles. The number of aromatic nitrogens is 3. The number of methoxy groups -OCH3 is 1. The van der Waals surface area contributed by atoms with Gasteiger partial charge in [0.25, 0.3) is 0 Å². The molecule has 0 aliphatic rings. The van der Waals surface area contributed by atoms with Gasteiger partial charge in [0.05, 0.1) is 12.7 Å². The van der Waals surface area contributed by atoms with Gasteiger partial charge in [-0.2, -0.15) is 0 Å². The standard InChI is InChI=1S/C15H11N3O2/c1-20-14-7-6-13(17-18-14)15(19)12-9-16-8-10-4-2-3-5-11(10)12/h2-9H,1H3. The number of benzene rings is 1. The van der Waals surface area contributed by atoms with Crippen LogP contribution in [0, 0.1) is 0 Å². The molecule has 20 heavy (non-hydrogen) atoms. The third-order valence-corrected chi connectivity index (χ3v) is 2.99. The third-order valence-electron chi connectivity index (χ3n) is 2.99. The number of pyridine rings is 1. The van der Waals surface area contributed by atoms with E-state index in [0.717, 1.165) is 10.8 Å². The Hall–Kier alpha value is -2.82. The van der Waals surface area contributed by atoms with Crippen molar-refractivity contribution < 1.29 is 9.53 Å².